The Balaban J connectivity index is 1.57. The highest BCUT2D eigenvalue weighted by Gasteiger charge is 2.09. The number of aryl methyl sites for hydroxylation is 1. The second kappa shape index (κ2) is 7.43. The molecule has 1 heterocycles. The number of nitrogens with zero attached hydrogens (tertiary/aromatic N) is 2. The Morgan fingerprint density at radius 3 is 2.65 bits per heavy atom. The monoisotopic (exact) mass is 236 g/mol. The van der Waals surface area contributed by atoms with Gasteiger partial charge in [-0.1, -0.05) is 32.1 Å². The lowest BCUT2D eigenvalue weighted by molar-refractivity contribution is 0.388. The van der Waals surface area contributed by atoms with Gasteiger partial charge < -0.3 is 5.32 Å². The van der Waals surface area contributed by atoms with Crippen LogP contribution in [0.2, 0.25) is 0 Å². The van der Waals surface area contributed by atoms with E-state index < -0.39 is 0 Å². The molecule has 2 N–H and O–H groups in total. The van der Waals surface area contributed by atoms with Gasteiger partial charge in [-0.15, -0.1) is 0 Å². The molecule has 0 atom stereocenters. The van der Waals surface area contributed by atoms with Crippen LogP contribution in [0.1, 0.15) is 57.2 Å². The van der Waals surface area contributed by atoms with Crippen molar-refractivity contribution in [3.8, 4) is 0 Å². The van der Waals surface area contributed by atoms with Crippen molar-refractivity contribution in [2.75, 3.05) is 6.54 Å². The van der Waals surface area contributed by atoms with E-state index >= 15 is 0 Å². The standard InChI is InChI=1S/C13H24N4/c1-2-4-7-12(8-5-3-1)14-10-6-9-13-15-11-16-17-13/h11-12,14H,1-10H2,(H,15,16,17). The Labute approximate surface area is 104 Å². The van der Waals surface area contributed by atoms with Crippen molar-refractivity contribution in [3.63, 3.8) is 0 Å². The maximum atomic E-state index is 4.13. The van der Waals surface area contributed by atoms with Crippen molar-refractivity contribution in [2.45, 2.75) is 63.8 Å². The van der Waals surface area contributed by atoms with Crippen molar-refractivity contribution < 1.29 is 0 Å². The molecule has 1 saturated carbocycles. The summed E-state index contributed by atoms with van der Waals surface area (Å²) < 4.78 is 0. The molecule has 0 unspecified atom stereocenters. The minimum atomic E-state index is 0.755. The topological polar surface area (TPSA) is 53.6 Å². The molecule has 96 valence electrons. The quantitative estimate of drug-likeness (QED) is 0.772. The van der Waals surface area contributed by atoms with E-state index in [2.05, 4.69) is 20.5 Å². The molecule has 0 aromatic carbocycles. The van der Waals surface area contributed by atoms with Crippen LogP contribution < -0.4 is 5.32 Å². The number of rotatable bonds is 5. The molecule has 4 heteroatoms. The zero-order chi connectivity index (χ0) is 11.8. The van der Waals surface area contributed by atoms with Gasteiger partial charge in [0.25, 0.3) is 0 Å². The number of H-pyrrole nitrogens is 1. The summed E-state index contributed by atoms with van der Waals surface area (Å²) in [4.78, 5) is 4.13. The van der Waals surface area contributed by atoms with E-state index in [0.717, 1.165) is 31.3 Å². The van der Waals surface area contributed by atoms with Crippen LogP contribution in [0.25, 0.3) is 0 Å². The average Bonchev–Trinajstić information content (AvgIpc) is 2.79. The summed E-state index contributed by atoms with van der Waals surface area (Å²) in [7, 11) is 0. The van der Waals surface area contributed by atoms with Gasteiger partial charge in [0.2, 0.25) is 0 Å². The van der Waals surface area contributed by atoms with Crippen LogP contribution >= 0.6 is 0 Å². The molecular formula is C13H24N4. The van der Waals surface area contributed by atoms with Gasteiger partial charge in [0.05, 0.1) is 0 Å². The first-order valence-electron chi connectivity index (χ1n) is 7.03. The molecule has 0 bridgehead atoms. The molecule has 1 aromatic heterocycles. The first kappa shape index (κ1) is 12.6. The molecule has 1 fully saturated rings. The summed E-state index contributed by atoms with van der Waals surface area (Å²) in [6.07, 6.45) is 13.6. The average molecular weight is 236 g/mol. The highest BCUT2D eigenvalue weighted by Crippen LogP contribution is 2.16. The minimum absolute atomic E-state index is 0.755. The Morgan fingerprint density at radius 2 is 1.94 bits per heavy atom. The summed E-state index contributed by atoms with van der Waals surface area (Å²) >= 11 is 0. The number of hydrogen-bond donors (Lipinski definition) is 2. The Hall–Kier alpha value is -0.900. The third kappa shape index (κ3) is 4.86. The second-order valence-corrected chi connectivity index (χ2v) is 5.03. The van der Waals surface area contributed by atoms with Gasteiger partial charge in [-0.05, 0) is 25.8 Å². The summed E-state index contributed by atoms with van der Waals surface area (Å²) in [5, 5.41) is 10.5. The lowest BCUT2D eigenvalue weighted by Gasteiger charge is -2.20. The van der Waals surface area contributed by atoms with E-state index in [9.17, 15) is 0 Å². The molecule has 0 amide bonds. The highest BCUT2D eigenvalue weighted by atomic mass is 15.2. The molecule has 0 aliphatic heterocycles. The Bertz CT molecular complexity index is 276. The van der Waals surface area contributed by atoms with E-state index in [-0.39, 0.29) is 0 Å². The Morgan fingerprint density at radius 1 is 1.18 bits per heavy atom. The van der Waals surface area contributed by atoms with E-state index in [1.807, 2.05) is 0 Å². The molecule has 1 aliphatic rings. The predicted octanol–water partition coefficient (Wildman–Crippen LogP) is 2.44. The first-order valence-corrected chi connectivity index (χ1v) is 7.03. The normalized spacial score (nSPS) is 18.8. The number of nitrogens with one attached hydrogen (secondary N) is 2. The molecule has 0 saturated heterocycles. The molecule has 4 nitrogen and oxygen atoms in total. The SMILES string of the molecule is c1n[nH]c(CCCNC2CCCCCCC2)n1. The number of aromatic amines is 1. The maximum Gasteiger partial charge on any atom is 0.137 e. The van der Waals surface area contributed by atoms with Crippen LogP contribution in [0.5, 0.6) is 0 Å². The van der Waals surface area contributed by atoms with Crippen molar-refractivity contribution in [2.24, 2.45) is 0 Å². The van der Waals surface area contributed by atoms with E-state index in [1.54, 1.807) is 6.33 Å². The second-order valence-electron chi connectivity index (χ2n) is 5.03. The fraction of sp³-hybridized carbons (Fsp3) is 0.846. The first-order chi connectivity index (χ1) is 8.45. The molecule has 1 aliphatic carbocycles. The summed E-state index contributed by atoms with van der Waals surface area (Å²) in [5.74, 6) is 1.00. The van der Waals surface area contributed by atoms with Crippen molar-refractivity contribution in [1.82, 2.24) is 20.5 Å². The Kier molecular flexibility index (Phi) is 5.49. The smallest absolute Gasteiger partial charge is 0.137 e. The highest BCUT2D eigenvalue weighted by molar-refractivity contribution is 4.80. The van der Waals surface area contributed by atoms with E-state index in [1.165, 1.54) is 44.9 Å². The number of hydrogen-bond acceptors (Lipinski definition) is 3. The van der Waals surface area contributed by atoms with Gasteiger partial charge in [-0.25, -0.2) is 4.98 Å². The van der Waals surface area contributed by atoms with Crippen LogP contribution in [0.4, 0.5) is 0 Å². The lowest BCUT2D eigenvalue weighted by atomic mass is 9.97. The van der Waals surface area contributed by atoms with Crippen molar-refractivity contribution in [3.05, 3.63) is 12.2 Å². The maximum absolute atomic E-state index is 4.13. The third-order valence-corrected chi connectivity index (χ3v) is 3.59. The van der Waals surface area contributed by atoms with E-state index in [0.29, 0.717) is 0 Å². The fourth-order valence-corrected chi connectivity index (χ4v) is 2.57. The van der Waals surface area contributed by atoms with Gasteiger partial charge in [0, 0.05) is 12.5 Å². The van der Waals surface area contributed by atoms with Gasteiger partial charge in [0.15, 0.2) is 0 Å². The van der Waals surface area contributed by atoms with Crippen LogP contribution in [-0.2, 0) is 6.42 Å². The van der Waals surface area contributed by atoms with Crippen LogP contribution in [0, 0.1) is 0 Å². The largest absolute Gasteiger partial charge is 0.314 e. The zero-order valence-electron chi connectivity index (χ0n) is 10.6. The minimum Gasteiger partial charge on any atom is -0.314 e. The molecule has 2 rings (SSSR count). The zero-order valence-corrected chi connectivity index (χ0v) is 10.6. The van der Waals surface area contributed by atoms with Gasteiger partial charge in [-0.3, -0.25) is 5.10 Å². The van der Waals surface area contributed by atoms with Crippen molar-refractivity contribution >= 4 is 0 Å². The molecule has 1 aromatic rings. The van der Waals surface area contributed by atoms with Crippen LogP contribution in [-0.4, -0.2) is 27.8 Å². The fourth-order valence-electron chi connectivity index (χ4n) is 2.57. The van der Waals surface area contributed by atoms with Crippen LogP contribution in [0.3, 0.4) is 0 Å². The summed E-state index contributed by atoms with van der Waals surface area (Å²) in [5.41, 5.74) is 0. The molecular weight excluding hydrogens is 212 g/mol. The van der Waals surface area contributed by atoms with Gasteiger partial charge in [-0.2, -0.15) is 5.10 Å². The molecule has 17 heavy (non-hydrogen) atoms. The summed E-state index contributed by atoms with van der Waals surface area (Å²) in [6.45, 7) is 1.10. The van der Waals surface area contributed by atoms with Gasteiger partial charge >= 0.3 is 0 Å². The van der Waals surface area contributed by atoms with Gasteiger partial charge in [0.1, 0.15) is 12.2 Å². The van der Waals surface area contributed by atoms with Crippen molar-refractivity contribution in [1.29, 1.82) is 0 Å². The lowest BCUT2D eigenvalue weighted by Crippen LogP contribution is -2.30. The van der Waals surface area contributed by atoms with E-state index in [4.69, 9.17) is 0 Å². The predicted molar refractivity (Wildman–Crippen MR) is 68.8 cm³/mol. The van der Waals surface area contributed by atoms with Crippen LogP contribution in [0.15, 0.2) is 6.33 Å². The molecule has 0 spiro atoms. The summed E-state index contributed by atoms with van der Waals surface area (Å²) in [6, 6.07) is 0.755. The number of aromatic nitrogens is 3. The third-order valence-electron chi connectivity index (χ3n) is 3.59. The molecule has 0 radical (unpaired) electrons.